The molecule has 0 fully saturated rings. The molecule has 21 heavy (non-hydrogen) atoms. The Hall–Kier alpha value is -1.82. The third-order valence-corrected chi connectivity index (χ3v) is 4.17. The molecule has 0 aliphatic heterocycles. The van der Waals surface area contributed by atoms with E-state index in [2.05, 4.69) is 32.6 Å². The molecule has 5 nitrogen and oxygen atoms in total. The summed E-state index contributed by atoms with van der Waals surface area (Å²) in [6.07, 6.45) is 0.595. The SMILES string of the molecule is C=CC(NC(=O)OC)(C(=O)OCC)C(Br)c1ccccc1. The first kappa shape index (κ1) is 17.2. The highest BCUT2D eigenvalue weighted by Crippen LogP contribution is 2.36. The number of nitrogens with one attached hydrogen (secondary N) is 1. The molecular weight excluding hydrogens is 338 g/mol. The van der Waals surface area contributed by atoms with Crippen LogP contribution in [0.4, 0.5) is 4.79 Å². The van der Waals surface area contributed by atoms with Gasteiger partial charge in [0.15, 0.2) is 5.54 Å². The molecule has 0 saturated carbocycles. The summed E-state index contributed by atoms with van der Waals surface area (Å²) in [5, 5.41) is 2.51. The number of methoxy groups -OCH3 is 1. The van der Waals surface area contributed by atoms with Gasteiger partial charge in [-0.3, -0.25) is 0 Å². The van der Waals surface area contributed by atoms with E-state index in [4.69, 9.17) is 4.74 Å². The van der Waals surface area contributed by atoms with E-state index in [0.717, 1.165) is 5.56 Å². The Morgan fingerprint density at radius 3 is 2.52 bits per heavy atom. The van der Waals surface area contributed by atoms with Crippen LogP contribution in [-0.2, 0) is 14.3 Å². The van der Waals surface area contributed by atoms with Crippen LogP contribution in [0.3, 0.4) is 0 Å². The molecule has 0 bridgehead atoms. The van der Waals surface area contributed by atoms with Crippen molar-refractivity contribution < 1.29 is 19.1 Å². The van der Waals surface area contributed by atoms with Crippen molar-refractivity contribution in [3.05, 3.63) is 48.6 Å². The van der Waals surface area contributed by atoms with Crippen LogP contribution in [0.15, 0.2) is 43.0 Å². The van der Waals surface area contributed by atoms with E-state index in [1.54, 1.807) is 6.92 Å². The van der Waals surface area contributed by atoms with Gasteiger partial charge < -0.3 is 14.8 Å². The third-order valence-electron chi connectivity index (χ3n) is 2.92. The van der Waals surface area contributed by atoms with Gasteiger partial charge in [-0.25, -0.2) is 9.59 Å². The summed E-state index contributed by atoms with van der Waals surface area (Å²) >= 11 is 3.46. The highest BCUT2D eigenvalue weighted by molar-refractivity contribution is 9.09. The van der Waals surface area contributed by atoms with Gasteiger partial charge in [-0.15, -0.1) is 6.58 Å². The standard InChI is InChI=1S/C15H18BrNO4/c1-4-15(13(18)21-5-2,17-14(19)20-3)12(16)11-9-7-6-8-10-11/h4,6-10,12H,1,5H2,2-3H3,(H,17,19). The maximum atomic E-state index is 12.4. The number of alkyl carbamates (subject to hydrolysis) is 1. The first-order valence-corrected chi connectivity index (χ1v) is 7.29. The smallest absolute Gasteiger partial charge is 0.408 e. The number of rotatable bonds is 6. The zero-order valence-corrected chi connectivity index (χ0v) is 13.6. The Labute approximate surface area is 132 Å². The molecule has 2 unspecified atom stereocenters. The first-order valence-electron chi connectivity index (χ1n) is 6.37. The Kier molecular flexibility index (Phi) is 6.42. The highest BCUT2D eigenvalue weighted by atomic mass is 79.9. The molecule has 1 amide bonds. The molecule has 0 spiro atoms. The summed E-state index contributed by atoms with van der Waals surface area (Å²) in [7, 11) is 1.22. The summed E-state index contributed by atoms with van der Waals surface area (Å²) in [5.41, 5.74) is -0.674. The fraction of sp³-hybridized carbons (Fsp3) is 0.333. The number of carbonyl (C=O) groups is 2. The molecule has 1 N–H and O–H groups in total. The summed E-state index contributed by atoms with van der Waals surface area (Å²) in [6.45, 7) is 5.55. The van der Waals surface area contributed by atoms with Crippen molar-refractivity contribution in [2.24, 2.45) is 0 Å². The Balaban J connectivity index is 3.24. The van der Waals surface area contributed by atoms with Gasteiger partial charge in [-0.1, -0.05) is 52.3 Å². The second kappa shape index (κ2) is 7.83. The molecular formula is C15H18BrNO4. The average Bonchev–Trinajstić information content (AvgIpc) is 2.52. The van der Waals surface area contributed by atoms with E-state index in [1.165, 1.54) is 13.2 Å². The molecule has 0 aromatic heterocycles. The molecule has 0 aliphatic carbocycles. The number of esters is 1. The van der Waals surface area contributed by atoms with Crippen LogP contribution in [0, 0.1) is 0 Å². The van der Waals surface area contributed by atoms with Crippen LogP contribution in [0.1, 0.15) is 17.3 Å². The Bertz CT molecular complexity index is 506. The molecule has 1 rings (SSSR count). The Morgan fingerprint density at radius 1 is 1.43 bits per heavy atom. The number of benzene rings is 1. The third kappa shape index (κ3) is 3.85. The molecule has 0 aliphatic rings. The number of carbonyl (C=O) groups excluding carboxylic acids is 2. The van der Waals surface area contributed by atoms with Crippen LogP contribution < -0.4 is 5.32 Å². The van der Waals surface area contributed by atoms with Crippen molar-refractivity contribution in [2.75, 3.05) is 13.7 Å². The van der Waals surface area contributed by atoms with Gasteiger partial charge >= 0.3 is 12.1 Å². The molecule has 1 aromatic carbocycles. The van der Waals surface area contributed by atoms with Crippen molar-refractivity contribution in [1.82, 2.24) is 5.32 Å². The fourth-order valence-electron chi connectivity index (χ4n) is 1.81. The monoisotopic (exact) mass is 355 g/mol. The first-order chi connectivity index (χ1) is 10.0. The van der Waals surface area contributed by atoms with Crippen molar-refractivity contribution in [2.45, 2.75) is 17.3 Å². The number of halogens is 1. The number of alkyl halides is 1. The quantitative estimate of drug-likeness (QED) is 0.484. The largest absolute Gasteiger partial charge is 0.464 e. The number of hydrogen-bond acceptors (Lipinski definition) is 4. The minimum Gasteiger partial charge on any atom is -0.464 e. The maximum Gasteiger partial charge on any atom is 0.408 e. The van der Waals surface area contributed by atoms with Gasteiger partial charge in [0.1, 0.15) is 0 Å². The van der Waals surface area contributed by atoms with Crippen LogP contribution in [0.2, 0.25) is 0 Å². The topological polar surface area (TPSA) is 64.6 Å². The molecule has 6 heteroatoms. The number of ether oxygens (including phenoxy) is 2. The second-order valence-electron chi connectivity index (χ2n) is 4.18. The van der Waals surface area contributed by atoms with Crippen LogP contribution in [-0.4, -0.2) is 31.3 Å². The normalized spacial score (nSPS) is 14.4. The lowest BCUT2D eigenvalue weighted by Gasteiger charge is -2.33. The summed E-state index contributed by atoms with van der Waals surface area (Å²) in [5.74, 6) is -0.615. The number of amides is 1. The lowest BCUT2D eigenvalue weighted by atomic mass is 9.90. The zero-order chi connectivity index (χ0) is 15.9. The van der Waals surface area contributed by atoms with E-state index >= 15 is 0 Å². The van der Waals surface area contributed by atoms with Gasteiger partial charge in [0.2, 0.25) is 0 Å². The summed E-state index contributed by atoms with van der Waals surface area (Å²) in [6, 6.07) is 9.18. The molecule has 1 aromatic rings. The van der Waals surface area contributed by atoms with E-state index in [1.807, 2.05) is 30.3 Å². The van der Waals surface area contributed by atoms with Crippen LogP contribution >= 0.6 is 15.9 Å². The molecule has 0 saturated heterocycles. The molecule has 114 valence electrons. The molecule has 2 atom stereocenters. The van der Waals surface area contributed by atoms with Crippen LogP contribution in [0.25, 0.3) is 0 Å². The van der Waals surface area contributed by atoms with E-state index in [-0.39, 0.29) is 6.61 Å². The number of hydrogen-bond donors (Lipinski definition) is 1. The summed E-state index contributed by atoms with van der Waals surface area (Å²) in [4.78, 5) is 23.4. The predicted molar refractivity (Wildman–Crippen MR) is 83.2 cm³/mol. The minimum absolute atomic E-state index is 0.186. The molecule has 0 heterocycles. The van der Waals surface area contributed by atoms with E-state index in [9.17, 15) is 9.59 Å². The van der Waals surface area contributed by atoms with Gasteiger partial charge in [0, 0.05) is 0 Å². The maximum absolute atomic E-state index is 12.4. The average molecular weight is 356 g/mol. The van der Waals surface area contributed by atoms with Gasteiger partial charge in [0.05, 0.1) is 18.5 Å². The lowest BCUT2D eigenvalue weighted by molar-refractivity contribution is -0.148. The minimum atomic E-state index is -1.47. The van der Waals surface area contributed by atoms with Crippen molar-refractivity contribution in [1.29, 1.82) is 0 Å². The van der Waals surface area contributed by atoms with Crippen molar-refractivity contribution >= 4 is 28.0 Å². The van der Waals surface area contributed by atoms with E-state index in [0.29, 0.717) is 0 Å². The van der Waals surface area contributed by atoms with Gasteiger partial charge in [-0.2, -0.15) is 0 Å². The van der Waals surface area contributed by atoms with E-state index < -0.39 is 22.4 Å². The van der Waals surface area contributed by atoms with Gasteiger partial charge in [-0.05, 0) is 12.5 Å². The molecule has 0 radical (unpaired) electrons. The van der Waals surface area contributed by atoms with Crippen molar-refractivity contribution in [3.63, 3.8) is 0 Å². The zero-order valence-electron chi connectivity index (χ0n) is 12.0. The predicted octanol–water partition coefficient (Wildman–Crippen LogP) is 2.97. The van der Waals surface area contributed by atoms with Crippen molar-refractivity contribution in [3.8, 4) is 0 Å². The Morgan fingerprint density at radius 2 is 2.05 bits per heavy atom. The lowest BCUT2D eigenvalue weighted by Crippen LogP contribution is -2.56. The van der Waals surface area contributed by atoms with Crippen LogP contribution in [0.5, 0.6) is 0 Å². The highest BCUT2D eigenvalue weighted by Gasteiger charge is 2.46. The second-order valence-corrected chi connectivity index (χ2v) is 5.10. The fourth-order valence-corrected chi connectivity index (χ4v) is 2.60. The summed E-state index contributed by atoms with van der Waals surface area (Å²) < 4.78 is 9.67. The van der Waals surface area contributed by atoms with Gasteiger partial charge in [0.25, 0.3) is 0 Å².